The van der Waals surface area contributed by atoms with Crippen LogP contribution < -0.4 is 21.5 Å². The van der Waals surface area contributed by atoms with Crippen LogP contribution in [0, 0.1) is 5.92 Å². The highest BCUT2D eigenvalue weighted by Crippen LogP contribution is 2.36. The second-order valence-corrected chi connectivity index (χ2v) is 7.98. The van der Waals surface area contributed by atoms with Gasteiger partial charge in [-0.2, -0.15) is 24.4 Å². The highest BCUT2D eigenvalue weighted by Gasteiger charge is 2.26. The molecular formula is C16H34N4S2+2. The molecule has 4 nitrogen and oxygen atoms in total. The third-order valence-electron chi connectivity index (χ3n) is 4.16. The molecule has 1 aliphatic carbocycles. The molecule has 0 aromatic heterocycles. The van der Waals surface area contributed by atoms with Crippen molar-refractivity contribution in [3.63, 3.8) is 0 Å². The molecule has 6 heteroatoms. The number of thiol groups is 1. The van der Waals surface area contributed by atoms with Crippen molar-refractivity contribution in [2.45, 2.75) is 50.7 Å². The van der Waals surface area contributed by atoms with Crippen molar-refractivity contribution in [3.8, 4) is 0 Å². The molecule has 1 saturated carbocycles. The first-order chi connectivity index (χ1) is 10.6. The van der Waals surface area contributed by atoms with E-state index in [0.717, 1.165) is 79.5 Å². The van der Waals surface area contributed by atoms with Gasteiger partial charge in [-0.1, -0.05) is 6.92 Å². The maximum atomic E-state index is 6.02. The Morgan fingerprint density at radius 3 is 2.77 bits per heavy atom. The lowest BCUT2D eigenvalue weighted by Gasteiger charge is -2.32. The number of hydrogen-bond acceptors (Lipinski definition) is 3. The number of hydrogen-bond donors (Lipinski definition) is 5. The minimum absolute atomic E-state index is 0.800. The SMILES string of the molecule is CC1CCC1SCC[NH+]=C(N)CCCCC(=[NH2+])CNCCS. The highest BCUT2D eigenvalue weighted by molar-refractivity contribution is 8.00. The zero-order valence-corrected chi connectivity index (χ0v) is 15.7. The summed E-state index contributed by atoms with van der Waals surface area (Å²) in [6.07, 6.45) is 6.92. The average molecular weight is 347 g/mol. The Hall–Kier alpha value is -0.200. The van der Waals surface area contributed by atoms with E-state index in [2.05, 4.69) is 41.6 Å². The fourth-order valence-corrected chi connectivity index (χ4v) is 3.93. The molecule has 0 aromatic carbocycles. The van der Waals surface area contributed by atoms with Gasteiger partial charge in [0.25, 0.3) is 0 Å². The van der Waals surface area contributed by atoms with Crippen molar-refractivity contribution in [1.82, 2.24) is 5.32 Å². The fraction of sp³-hybridized carbons (Fsp3) is 0.875. The van der Waals surface area contributed by atoms with Gasteiger partial charge in [-0.25, -0.2) is 0 Å². The lowest BCUT2D eigenvalue weighted by atomic mass is 9.87. The Kier molecular flexibility index (Phi) is 11.1. The van der Waals surface area contributed by atoms with Crippen LogP contribution in [0.25, 0.3) is 0 Å². The number of thioether (sulfide) groups is 1. The van der Waals surface area contributed by atoms with E-state index in [9.17, 15) is 0 Å². The van der Waals surface area contributed by atoms with Crippen molar-refractivity contribution >= 4 is 35.9 Å². The highest BCUT2D eigenvalue weighted by atomic mass is 32.2. The van der Waals surface area contributed by atoms with Gasteiger partial charge in [0, 0.05) is 36.1 Å². The molecule has 128 valence electrons. The van der Waals surface area contributed by atoms with Crippen molar-refractivity contribution in [1.29, 1.82) is 0 Å². The molecule has 0 saturated heterocycles. The Labute approximate surface area is 145 Å². The Balaban J connectivity index is 1.94. The maximum Gasteiger partial charge on any atom is 0.240 e. The molecule has 0 spiro atoms. The van der Waals surface area contributed by atoms with E-state index >= 15 is 0 Å². The Bertz CT molecular complexity index is 347. The summed E-state index contributed by atoms with van der Waals surface area (Å²) < 4.78 is 0. The number of amidine groups is 1. The predicted molar refractivity (Wildman–Crippen MR) is 102 cm³/mol. The van der Waals surface area contributed by atoms with Crippen LogP contribution in [0.2, 0.25) is 0 Å². The summed E-state index contributed by atoms with van der Waals surface area (Å²) in [4.78, 5) is 3.35. The van der Waals surface area contributed by atoms with E-state index < -0.39 is 0 Å². The van der Waals surface area contributed by atoms with Gasteiger partial charge in [0.15, 0.2) is 5.71 Å². The first-order valence-electron chi connectivity index (χ1n) is 8.52. The molecule has 6 N–H and O–H groups in total. The molecule has 1 aliphatic rings. The molecule has 0 aliphatic heterocycles. The third kappa shape index (κ3) is 9.06. The van der Waals surface area contributed by atoms with E-state index in [1.54, 1.807) is 0 Å². The molecular weight excluding hydrogens is 312 g/mol. The van der Waals surface area contributed by atoms with E-state index in [1.165, 1.54) is 12.8 Å². The van der Waals surface area contributed by atoms with Gasteiger partial charge in [0.05, 0.1) is 13.1 Å². The number of nitrogens with two attached hydrogens (primary N) is 2. The van der Waals surface area contributed by atoms with Gasteiger partial charge in [-0.3, -0.25) is 16.1 Å². The molecule has 0 amide bonds. The molecule has 0 bridgehead atoms. The fourth-order valence-electron chi connectivity index (χ4n) is 2.48. The van der Waals surface area contributed by atoms with Crippen molar-refractivity contribution < 1.29 is 10.4 Å². The topological polar surface area (TPSA) is 77.6 Å². The van der Waals surface area contributed by atoms with Crippen LogP contribution in [0.4, 0.5) is 0 Å². The van der Waals surface area contributed by atoms with Crippen LogP contribution in [0.3, 0.4) is 0 Å². The summed E-state index contributed by atoms with van der Waals surface area (Å²) >= 11 is 6.24. The van der Waals surface area contributed by atoms with E-state index in [4.69, 9.17) is 11.1 Å². The summed E-state index contributed by atoms with van der Waals surface area (Å²) in [7, 11) is 0. The molecule has 2 unspecified atom stereocenters. The summed E-state index contributed by atoms with van der Waals surface area (Å²) in [5.41, 5.74) is 7.04. The van der Waals surface area contributed by atoms with Crippen LogP contribution in [-0.4, -0.2) is 47.9 Å². The van der Waals surface area contributed by atoms with Crippen molar-refractivity contribution in [2.24, 2.45) is 11.7 Å². The molecule has 2 atom stereocenters. The van der Waals surface area contributed by atoms with Crippen LogP contribution in [-0.2, 0) is 0 Å². The van der Waals surface area contributed by atoms with Gasteiger partial charge in [-0.15, -0.1) is 0 Å². The average Bonchev–Trinajstić information content (AvgIpc) is 2.50. The first kappa shape index (κ1) is 19.8. The summed E-state index contributed by atoms with van der Waals surface area (Å²) in [5, 5.41) is 10.1. The largest absolute Gasteiger partial charge is 0.307 e. The lowest BCUT2D eigenvalue weighted by Crippen LogP contribution is -2.76. The van der Waals surface area contributed by atoms with Gasteiger partial charge >= 0.3 is 0 Å². The molecule has 0 heterocycles. The van der Waals surface area contributed by atoms with E-state index in [0.29, 0.717) is 0 Å². The van der Waals surface area contributed by atoms with Crippen LogP contribution in [0.5, 0.6) is 0 Å². The van der Waals surface area contributed by atoms with E-state index in [1.807, 2.05) is 0 Å². The number of nitrogens with one attached hydrogen (secondary N) is 2. The van der Waals surface area contributed by atoms with Gasteiger partial charge in [-0.05, 0) is 31.6 Å². The first-order valence-corrected chi connectivity index (χ1v) is 10.2. The summed E-state index contributed by atoms with van der Waals surface area (Å²) in [5.74, 6) is 3.85. The standard InChI is InChI=1S/C16H32N4S2/c1-13-6-7-15(13)22-11-9-20-16(18)5-3-2-4-14(17)12-19-8-10-21/h13,15,17,19,21H,2-12H2,1H3,(H2,18,20)/p+2. The smallest absolute Gasteiger partial charge is 0.240 e. The van der Waals surface area contributed by atoms with Crippen LogP contribution in [0.15, 0.2) is 0 Å². The summed E-state index contributed by atoms with van der Waals surface area (Å²) in [6.45, 7) is 5.05. The van der Waals surface area contributed by atoms with Crippen molar-refractivity contribution in [2.75, 3.05) is 31.1 Å². The van der Waals surface area contributed by atoms with Crippen LogP contribution in [0.1, 0.15) is 45.4 Å². The quantitative estimate of drug-likeness (QED) is 0.132. The molecule has 1 rings (SSSR count). The summed E-state index contributed by atoms with van der Waals surface area (Å²) in [6, 6.07) is 0. The molecule has 1 fully saturated rings. The minimum Gasteiger partial charge on any atom is -0.307 e. The monoisotopic (exact) mass is 346 g/mol. The van der Waals surface area contributed by atoms with E-state index in [-0.39, 0.29) is 0 Å². The Morgan fingerprint density at radius 2 is 2.14 bits per heavy atom. The zero-order valence-electron chi connectivity index (χ0n) is 13.9. The maximum absolute atomic E-state index is 6.02. The van der Waals surface area contributed by atoms with Crippen molar-refractivity contribution in [3.05, 3.63) is 0 Å². The normalized spacial score (nSPS) is 21.6. The number of rotatable bonds is 13. The minimum atomic E-state index is 0.800. The zero-order chi connectivity index (χ0) is 16.2. The Morgan fingerprint density at radius 1 is 1.36 bits per heavy atom. The third-order valence-corrected chi connectivity index (χ3v) is 5.95. The molecule has 0 aromatic rings. The van der Waals surface area contributed by atoms with Gasteiger partial charge in [0.1, 0.15) is 0 Å². The number of unbranched alkanes of at least 4 members (excludes halogenated alkanes) is 1. The molecule has 22 heavy (non-hydrogen) atoms. The lowest BCUT2D eigenvalue weighted by molar-refractivity contribution is -0.453. The second-order valence-electron chi connectivity index (χ2n) is 6.18. The van der Waals surface area contributed by atoms with Gasteiger partial charge < -0.3 is 5.32 Å². The second kappa shape index (κ2) is 12.3. The van der Waals surface area contributed by atoms with Crippen LogP contribution >= 0.6 is 24.4 Å². The van der Waals surface area contributed by atoms with Gasteiger partial charge in [0.2, 0.25) is 5.84 Å². The predicted octanol–water partition coefficient (Wildman–Crippen LogP) is -0.764. The molecule has 0 radical (unpaired) electrons.